The monoisotopic (exact) mass is 747 g/mol. The van der Waals surface area contributed by atoms with Crippen molar-refractivity contribution in [1.29, 1.82) is 0 Å². The highest BCUT2D eigenvalue weighted by atomic mass is 32.2. The van der Waals surface area contributed by atoms with E-state index in [9.17, 15) is 0 Å². The highest BCUT2D eigenvalue weighted by molar-refractivity contribution is 7.99. The van der Waals surface area contributed by atoms with E-state index in [1.807, 2.05) is 11.8 Å². The molecule has 1 nitrogen and oxygen atoms in total. The van der Waals surface area contributed by atoms with Crippen LogP contribution in [-0.2, 0) is 5.41 Å². The van der Waals surface area contributed by atoms with E-state index in [0.29, 0.717) is 0 Å². The Labute approximate surface area is 334 Å². The third kappa shape index (κ3) is 5.08. The van der Waals surface area contributed by atoms with Crippen molar-refractivity contribution >= 4 is 64.0 Å². The highest BCUT2D eigenvalue weighted by Gasteiger charge is 2.50. The first-order valence-electron chi connectivity index (χ1n) is 19.4. The van der Waals surface area contributed by atoms with Crippen molar-refractivity contribution < 1.29 is 0 Å². The SMILES string of the molecule is c1ccc(-c2ccc(N(c3ccc4c(c3)[SiH](c3ccccc3)c3ccccc3C43c4ccccc4Sc4ccccc43)c3cccc4ccccc34)cc2)cc1. The molecule has 2 aliphatic heterocycles. The van der Waals surface area contributed by atoms with Crippen molar-refractivity contribution in [3.8, 4) is 11.1 Å². The highest BCUT2D eigenvalue weighted by Crippen LogP contribution is 2.56. The average Bonchev–Trinajstić information content (AvgIpc) is 3.27. The van der Waals surface area contributed by atoms with Crippen molar-refractivity contribution in [2.45, 2.75) is 15.2 Å². The Morgan fingerprint density at radius 2 is 0.946 bits per heavy atom. The fourth-order valence-electron chi connectivity index (χ4n) is 9.52. The first kappa shape index (κ1) is 33.0. The van der Waals surface area contributed by atoms with E-state index in [-0.39, 0.29) is 0 Å². The van der Waals surface area contributed by atoms with Crippen molar-refractivity contribution in [2.24, 2.45) is 0 Å². The second-order valence-electron chi connectivity index (χ2n) is 14.8. The zero-order valence-electron chi connectivity index (χ0n) is 30.7. The molecule has 0 fully saturated rings. The van der Waals surface area contributed by atoms with Gasteiger partial charge in [0.25, 0.3) is 0 Å². The molecule has 0 N–H and O–H groups in total. The minimum absolute atomic E-state index is 0.456. The molecule has 56 heavy (non-hydrogen) atoms. The molecule has 11 rings (SSSR count). The summed E-state index contributed by atoms with van der Waals surface area (Å²) in [6.45, 7) is 0. The Kier molecular flexibility index (Phi) is 7.90. The lowest BCUT2D eigenvalue weighted by Gasteiger charge is -2.48. The van der Waals surface area contributed by atoms with Crippen molar-refractivity contribution in [3.63, 3.8) is 0 Å². The molecule has 0 aromatic heterocycles. The molecule has 2 heterocycles. The molecule has 0 radical (unpaired) electrons. The van der Waals surface area contributed by atoms with Crippen molar-refractivity contribution in [1.82, 2.24) is 0 Å². The van der Waals surface area contributed by atoms with E-state index in [2.05, 4.69) is 223 Å². The molecule has 1 unspecified atom stereocenters. The van der Waals surface area contributed by atoms with Gasteiger partial charge in [-0.3, -0.25) is 0 Å². The molecule has 1 spiro atoms. The minimum atomic E-state index is -1.99. The Hall–Kier alpha value is -6.39. The fourth-order valence-corrected chi connectivity index (χ4v) is 14.3. The van der Waals surface area contributed by atoms with E-state index >= 15 is 0 Å². The number of benzene rings is 9. The second kappa shape index (κ2) is 13.4. The zero-order valence-corrected chi connectivity index (χ0v) is 32.7. The van der Waals surface area contributed by atoms with Gasteiger partial charge in [0, 0.05) is 26.6 Å². The molecular formula is C53H37NSSi. The number of hydrogen-bond acceptors (Lipinski definition) is 2. The van der Waals surface area contributed by atoms with Gasteiger partial charge in [0.2, 0.25) is 0 Å². The van der Waals surface area contributed by atoms with Gasteiger partial charge in [-0.15, -0.1) is 0 Å². The van der Waals surface area contributed by atoms with Crippen LogP contribution in [0.1, 0.15) is 22.3 Å². The summed E-state index contributed by atoms with van der Waals surface area (Å²) in [7, 11) is -1.99. The zero-order chi connectivity index (χ0) is 37.1. The Morgan fingerprint density at radius 3 is 1.70 bits per heavy atom. The van der Waals surface area contributed by atoms with E-state index in [1.165, 1.54) is 80.9 Å². The van der Waals surface area contributed by atoms with E-state index in [4.69, 9.17) is 0 Å². The van der Waals surface area contributed by atoms with Crippen LogP contribution in [0.3, 0.4) is 0 Å². The second-order valence-corrected chi connectivity index (χ2v) is 18.7. The summed E-state index contributed by atoms with van der Waals surface area (Å²) in [5.41, 5.74) is 11.0. The number of anilines is 3. The quantitative estimate of drug-likeness (QED) is 0.161. The molecular weight excluding hydrogens is 711 g/mol. The number of rotatable bonds is 5. The fraction of sp³-hybridized carbons (Fsp3) is 0.0189. The summed E-state index contributed by atoms with van der Waals surface area (Å²) in [5, 5.41) is 6.85. The summed E-state index contributed by atoms with van der Waals surface area (Å²) < 4.78 is 0. The summed E-state index contributed by atoms with van der Waals surface area (Å²) in [6, 6.07) is 81.6. The van der Waals surface area contributed by atoms with Gasteiger partial charge in [0.05, 0.1) is 11.1 Å². The van der Waals surface area contributed by atoms with Crippen LogP contribution in [0.4, 0.5) is 17.1 Å². The Bertz CT molecular complexity index is 2850. The molecule has 9 aromatic carbocycles. The molecule has 0 amide bonds. The van der Waals surface area contributed by atoms with E-state index < -0.39 is 14.2 Å². The smallest absolute Gasteiger partial charge is 0.133 e. The molecule has 0 bridgehead atoms. The van der Waals surface area contributed by atoms with Crippen LogP contribution < -0.4 is 20.5 Å². The van der Waals surface area contributed by atoms with Crippen molar-refractivity contribution in [2.75, 3.05) is 4.90 Å². The molecule has 3 heteroatoms. The lowest BCUT2D eigenvalue weighted by atomic mass is 9.64. The first-order chi connectivity index (χ1) is 27.8. The van der Waals surface area contributed by atoms with Gasteiger partial charge in [0.1, 0.15) is 8.80 Å². The van der Waals surface area contributed by atoms with Gasteiger partial charge in [-0.25, -0.2) is 0 Å². The molecule has 9 aromatic rings. The van der Waals surface area contributed by atoms with Crippen molar-refractivity contribution in [3.05, 3.63) is 241 Å². The Balaban J connectivity index is 1.21. The predicted molar refractivity (Wildman–Crippen MR) is 239 cm³/mol. The van der Waals surface area contributed by atoms with Crippen LogP contribution in [0, 0.1) is 0 Å². The summed E-state index contributed by atoms with van der Waals surface area (Å²) in [6.07, 6.45) is 0. The van der Waals surface area contributed by atoms with E-state index in [1.54, 1.807) is 0 Å². The summed E-state index contributed by atoms with van der Waals surface area (Å²) in [4.78, 5) is 5.14. The molecule has 264 valence electrons. The molecule has 0 saturated heterocycles. The largest absolute Gasteiger partial charge is 0.310 e. The number of hydrogen-bond donors (Lipinski definition) is 0. The lowest BCUT2D eigenvalue weighted by Crippen LogP contribution is -2.62. The van der Waals surface area contributed by atoms with Crippen LogP contribution in [0.25, 0.3) is 21.9 Å². The first-order valence-corrected chi connectivity index (χ1v) is 21.9. The van der Waals surface area contributed by atoms with Crippen LogP contribution in [0.2, 0.25) is 0 Å². The van der Waals surface area contributed by atoms with Crippen LogP contribution >= 0.6 is 11.8 Å². The molecule has 0 saturated carbocycles. The van der Waals surface area contributed by atoms with Crippen LogP contribution in [0.5, 0.6) is 0 Å². The minimum Gasteiger partial charge on any atom is -0.310 e. The topological polar surface area (TPSA) is 3.24 Å². The average molecular weight is 748 g/mol. The number of fused-ring (bicyclic) bond motifs is 9. The van der Waals surface area contributed by atoms with Gasteiger partial charge in [0.15, 0.2) is 0 Å². The third-order valence-corrected chi connectivity index (χ3v) is 16.3. The van der Waals surface area contributed by atoms with Gasteiger partial charge in [-0.1, -0.05) is 193 Å². The molecule has 2 aliphatic rings. The number of nitrogens with zero attached hydrogens (tertiary/aromatic N) is 1. The van der Waals surface area contributed by atoms with Gasteiger partial charge >= 0.3 is 0 Å². The van der Waals surface area contributed by atoms with Crippen LogP contribution in [-0.4, -0.2) is 8.80 Å². The molecule has 0 aliphatic carbocycles. The van der Waals surface area contributed by atoms with E-state index in [0.717, 1.165) is 5.69 Å². The molecule has 1 atom stereocenters. The standard InChI is InChI=1S/C53H37NSSi/c1-3-16-37(17-4-1)38-30-32-40(33-31-38)54(48-26-15-19-39-18-7-8-22-43(39)48)41-34-35-47-52(36-41)56(42-20-5-2-6-21-42)51-29-14-11-25-46(51)53(47)44-23-9-12-27-49(44)55-50-28-13-10-24-45(50)53/h1-36,56H. The van der Waals surface area contributed by atoms with Gasteiger partial charge < -0.3 is 4.90 Å². The maximum atomic E-state index is 2.57. The van der Waals surface area contributed by atoms with Gasteiger partial charge in [-0.2, -0.15) is 0 Å². The maximum absolute atomic E-state index is 2.57. The summed E-state index contributed by atoms with van der Waals surface area (Å²) in [5.74, 6) is 0. The maximum Gasteiger partial charge on any atom is 0.133 e. The predicted octanol–water partition coefficient (Wildman–Crippen LogP) is 11.4. The lowest BCUT2D eigenvalue weighted by molar-refractivity contribution is 0.708. The van der Waals surface area contributed by atoms with Gasteiger partial charge in [-0.05, 0) is 91.6 Å². The Morgan fingerprint density at radius 1 is 0.393 bits per heavy atom. The van der Waals surface area contributed by atoms with Crippen LogP contribution in [0.15, 0.2) is 228 Å². The third-order valence-electron chi connectivity index (χ3n) is 11.9. The summed E-state index contributed by atoms with van der Waals surface area (Å²) >= 11 is 1.90. The normalized spacial score (nSPS) is 14.7.